The van der Waals surface area contributed by atoms with Gasteiger partial charge in [0.1, 0.15) is 0 Å². The average Bonchev–Trinajstić information content (AvgIpc) is 2.22. The van der Waals surface area contributed by atoms with E-state index in [1.807, 2.05) is 13.1 Å². The topological polar surface area (TPSA) is 28.2 Å². The highest BCUT2D eigenvalue weighted by Gasteiger charge is 2.35. The molecule has 0 aliphatic carbocycles. The molecule has 2 fully saturated rings. The van der Waals surface area contributed by atoms with Crippen LogP contribution in [0.2, 0.25) is 0 Å². The molecule has 0 radical (unpaired) electrons. The van der Waals surface area contributed by atoms with Crippen LogP contribution in [0.1, 0.15) is 12.1 Å². The predicted molar refractivity (Wildman–Crippen MR) is 61.1 cm³/mol. The molecule has 3 heterocycles. The van der Waals surface area contributed by atoms with E-state index in [-0.39, 0.29) is 0 Å². The van der Waals surface area contributed by atoms with Gasteiger partial charge in [0, 0.05) is 24.8 Å². The zero-order chi connectivity index (χ0) is 10.3. The standard InChI is InChI=1S/C12H17N3/c1-9-2-3-11(7-13-9)15-5-4-10-6-14-12(10)8-15/h2-3,7,10,12,14H,4-6,8H2,1H3. The molecule has 3 heteroatoms. The van der Waals surface area contributed by atoms with Gasteiger partial charge >= 0.3 is 0 Å². The van der Waals surface area contributed by atoms with Crippen LogP contribution < -0.4 is 10.2 Å². The zero-order valence-electron chi connectivity index (χ0n) is 9.11. The van der Waals surface area contributed by atoms with Crippen LogP contribution >= 0.6 is 0 Å². The highest BCUT2D eigenvalue weighted by Crippen LogP contribution is 2.27. The number of piperidine rings is 1. The molecule has 1 aromatic heterocycles. The number of aryl methyl sites for hydroxylation is 1. The lowest BCUT2D eigenvalue weighted by Gasteiger charge is -2.47. The normalized spacial score (nSPS) is 29.5. The maximum absolute atomic E-state index is 4.35. The molecule has 2 saturated heterocycles. The first kappa shape index (κ1) is 9.16. The Morgan fingerprint density at radius 3 is 3.00 bits per heavy atom. The van der Waals surface area contributed by atoms with Crippen molar-refractivity contribution in [2.24, 2.45) is 5.92 Å². The number of hydrogen-bond acceptors (Lipinski definition) is 3. The number of nitrogens with zero attached hydrogens (tertiary/aromatic N) is 2. The van der Waals surface area contributed by atoms with Gasteiger partial charge in [0.05, 0.1) is 11.9 Å². The predicted octanol–water partition coefficient (Wildman–Crippen LogP) is 1.19. The van der Waals surface area contributed by atoms with E-state index in [4.69, 9.17) is 0 Å². The third-order valence-corrected chi connectivity index (χ3v) is 3.66. The molecule has 3 rings (SSSR count). The maximum atomic E-state index is 4.35. The van der Waals surface area contributed by atoms with E-state index < -0.39 is 0 Å². The van der Waals surface area contributed by atoms with Crippen molar-refractivity contribution in [2.75, 3.05) is 24.5 Å². The molecule has 2 aliphatic rings. The van der Waals surface area contributed by atoms with Gasteiger partial charge in [-0.25, -0.2) is 0 Å². The molecule has 80 valence electrons. The molecular weight excluding hydrogens is 186 g/mol. The molecule has 2 atom stereocenters. The molecule has 0 amide bonds. The van der Waals surface area contributed by atoms with Gasteiger partial charge in [-0.1, -0.05) is 0 Å². The van der Waals surface area contributed by atoms with Crippen LogP contribution in [0.25, 0.3) is 0 Å². The first-order chi connectivity index (χ1) is 7.33. The van der Waals surface area contributed by atoms with Gasteiger partial charge in [0.25, 0.3) is 0 Å². The van der Waals surface area contributed by atoms with E-state index in [0.717, 1.165) is 24.2 Å². The molecule has 1 aromatic rings. The molecular formula is C12H17N3. The SMILES string of the molecule is Cc1ccc(N2CCC3CNC3C2)cn1. The summed E-state index contributed by atoms with van der Waals surface area (Å²) in [6.45, 7) is 5.59. The average molecular weight is 203 g/mol. The van der Waals surface area contributed by atoms with Crippen molar-refractivity contribution in [1.82, 2.24) is 10.3 Å². The van der Waals surface area contributed by atoms with Gasteiger partial charge in [-0.2, -0.15) is 0 Å². The Hall–Kier alpha value is -1.09. The molecule has 0 spiro atoms. The summed E-state index contributed by atoms with van der Waals surface area (Å²) in [5.74, 6) is 0.930. The Morgan fingerprint density at radius 1 is 1.47 bits per heavy atom. The Morgan fingerprint density at radius 2 is 2.40 bits per heavy atom. The van der Waals surface area contributed by atoms with Gasteiger partial charge in [0.2, 0.25) is 0 Å². The summed E-state index contributed by atoms with van der Waals surface area (Å²) in [6, 6.07) is 5.00. The van der Waals surface area contributed by atoms with E-state index in [1.165, 1.54) is 25.2 Å². The number of nitrogens with one attached hydrogen (secondary N) is 1. The lowest BCUT2D eigenvalue weighted by Crippen LogP contribution is -2.62. The second kappa shape index (κ2) is 3.49. The second-order valence-electron chi connectivity index (χ2n) is 4.67. The van der Waals surface area contributed by atoms with Crippen molar-refractivity contribution >= 4 is 5.69 Å². The van der Waals surface area contributed by atoms with Crippen molar-refractivity contribution in [3.8, 4) is 0 Å². The highest BCUT2D eigenvalue weighted by atomic mass is 15.2. The van der Waals surface area contributed by atoms with E-state index in [1.54, 1.807) is 0 Å². The second-order valence-corrected chi connectivity index (χ2v) is 4.67. The van der Waals surface area contributed by atoms with Crippen LogP contribution in [-0.4, -0.2) is 30.7 Å². The summed E-state index contributed by atoms with van der Waals surface area (Å²) in [4.78, 5) is 6.80. The number of aromatic nitrogens is 1. The molecule has 0 aromatic carbocycles. The first-order valence-electron chi connectivity index (χ1n) is 5.74. The van der Waals surface area contributed by atoms with Crippen LogP contribution in [0.4, 0.5) is 5.69 Å². The molecule has 0 bridgehead atoms. The molecule has 2 aliphatic heterocycles. The Labute approximate surface area is 90.5 Å². The number of pyridine rings is 1. The Bertz CT molecular complexity index is 346. The first-order valence-corrected chi connectivity index (χ1v) is 5.74. The number of fused-ring (bicyclic) bond motifs is 1. The third-order valence-electron chi connectivity index (χ3n) is 3.66. The van der Waals surface area contributed by atoms with Crippen molar-refractivity contribution < 1.29 is 0 Å². The van der Waals surface area contributed by atoms with E-state index >= 15 is 0 Å². The summed E-state index contributed by atoms with van der Waals surface area (Å²) < 4.78 is 0. The van der Waals surface area contributed by atoms with Crippen molar-refractivity contribution in [2.45, 2.75) is 19.4 Å². The Balaban J connectivity index is 1.74. The summed E-state index contributed by atoms with van der Waals surface area (Å²) in [6.07, 6.45) is 3.32. The number of rotatable bonds is 1. The maximum Gasteiger partial charge on any atom is 0.0553 e. The molecule has 1 N–H and O–H groups in total. The van der Waals surface area contributed by atoms with Crippen LogP contribution in [0.5, 0.6) is 0 Å². The number of anilines is 1. The third kappa shape index (κ3) is 1.61. The van der Waals surface area contributed by atoms with Crippen molar-refractivity contribution in [1.29, 1.82) is 0 Å². The van der Waals surface area contributed by atoms with Crippen LogP contribution in [0, 0.1) is 12.8 Å². The minimum atomic E-state index is 0.722. The quantitative estimate of drug-likeness (QED) is 0.743. The van der Waals surface area contributed by atoms with Gasteiger partial charge in [0.15, 0.2) is 0 Å². The molecule has 2 unspecified atom stereocenters. The molecule has 3 nitrogen and oxygen atoms in total. The fourth-order valence-electron chi connectivity index (χ4n) is 2.50. The summed E-state index contributed by atoms with van der Waals surface area (Å²) in [7, 11) is 0. The van der Waals surface area contributed by atoms with Crippen LogP contribution in [-0.2, 0) is 0 Å². The van der Waals surface area contributed by atoms with E-state index in [2.05, 4.69) is 27.3 Å². The van der Waals surface area contributed by atoms with Crippen LogP contribution in [0.15, 0.2) is 18.3 Å². The monoisotopic (exact) mass is 203 g/mol. The number of hydrogen-bond donors (Lipinski definition) is 1. The summed E-state index contributed by atoms with van der Waals surface area (Å²) >= 11 is 0. The van der Waals surface area contributed by atoms with Crippen molar-refractivity contribution in [3.05, 3.63) is 24.0 Å². The van der Waals surface area contributed by atoms with Gasteiger partial charge in [-0.05, 0) is 37.9 Å². The molecule has 0 saturated carbocycles. The Kier molecular flexibility index (Phi) is 2.13. The fourth-order valence-corrected chi connectivity index (χ4v) is 2.50. The van der Waals surface area contributed by atoms with E-state index in [9.17, 15) is 0 Å². The minimum absolute atomic E-state index is 0.722. The highest BCUT2D eigenvalue weighted by molar-refractivity contribution is 5.45. The largest absolute Gasteiger partial charge is 0.369 e. The van der Waals surface area contributed by atoms with Crippen LogP contribution in [0.3, 0.4) is 0 Å². The fraction of sp³-hybridized carbons (Fsp3) is 0.583. The lowest BCUT2D eigenvalue weighted by atomic mass is 9.85. The smallest absolute Gasteiger partial charge is 0.0553 e. The van der Waals surface area contributed by atoms with Gasteiger partial charge < -0.3 is 10.2 Å². The van der Waals surface area contributed by atoms with Crippen molar-refractivity contribution in [3.63, 3.8) is 0 Å². The van der Waals surface area contributed by atoms with E-state index in [0.29, 0.717) is 0 Å². The van der Waals surface area contributed by atoms with Gasteiger partial charge in [-0.15, -0.1) is 0 Å². The lowest BCUT2D eigenvalue weighted by molar-refractivity contribution is 0.197. The zero-order valence-corrected chi connectivity index (χ0v) is 9.11. The minimum Gasteiger partial charge on any atom is -0.369 e. The molecule has 15 heavy (non-hydrogen) atoms. The summed E-state index contributed by atoms with van der Waals surface area (Å²) in [5, 5.41) is 3.50. The summed E-state index contributed by atoms with van der Waals surface area (Å²) in [5.41, 5.74) is 2.36. The van der Waals surface area contributed by atoms with Gasteiger partial charge in [-0.3, -0.25) is 4.98 Å².